The largest absolute Gasteiger partial charge is 0.497 e. The van der Waals surface area contributed by atoms with E-state index in [1.807, 2.05) is 61.5 Å². The summed E-state index contributed by atoms with van der Waals surface area (Å²) in [4.78, 5) is 27.4. The summed E-state index contributed by atoms with van der Waals surface area (Å²) in [6.07, 6.45) is 1.72. The molecule has 1 amide bonds. The molecule has 5 heteroatoms. The molecule has 0 radical (unpaired) electrons. The lowest BCUT2D eigenvalue weighted by Gasteiger charge is -2.26. The summed E-state index contributed by atoms with van der Waals surface area (Å²) < 4.78 is 10.1. The van der Waals surface area contributed by atoms with E-state index in [1.165, 1.54) is 7.11 Å². The molecule has 0 spiro atoms. The minimum atomic E-state index is -0.520. The number of benzene rings is 2. The van der Waals surface area contributed by atoms with Crippen LogP contribution in [0.5, 0.6) is 5.75 Å². The summed E-state index contributed by atoms with van der Waals surface area (Å²) in [5.74, 6) is -0.0161. The first-order chi connectivity index (χ1) is 13.5. The molecule has 3 rings (SSSR count). The average Bonchev–Trinajstić information content (AvgIpc) is 2.97. The highest BCUT2D eigenvalue weighted by atomic mass is 16.5. The number of rotatable bonds is 5. The Labute approximate surface area is 164 Å². The van der Waals surface area contributed by atoms with Crippen LogP contribution in [-0.2, 0) is 14.3 Å². The Morgan fingerprint density at radius 1 is 1.04 bits per heavy atom. The van der Waals surface area contributed by atoms with Crippen LogP contribution in [0.25, 0.3) is 6.08 Å². The second-order valence-corrected chi connectivity index (χ2v) is 6.54. The number of ether oxygens (including phenoxy) is 2. The van der Waals surface area contributed by atoms with Crippen LogP contribution in [0.1, 0.15) is 31.0 Å². The van der Waals surface area contributed by atoms with E-state index in [-0.39, 0.29) is 11.9 Å². The van der Waals surface area contributed by atoms with E-state index in [2.05, 4.69) is 0 Å². The third-order valence-corrected chi connectivity index (χ3v) is 4.93. The van der Waals surface area contributed by atoms with Gasteiger partial charge in [0.1, 0.15) is 5.75 Å². The van der Waals surface area contributed by atoms with Crippen molar-refractivity contribution in [3.63, 3.8) is 0 Å². The smallest absolute Gasteiger partial charge is 0.340 e. The lowest BCUT2D eigenvalue weighted by atomic mass is 10.0. The number of methoxy groups -OCH3 is 2. The van der Waals surface area contributed by atoms with E-state index in [9.17, 15) is 9.59 Å². The van der Waals surface area contributed by atoms with Crippen molar-refractivity contribution in [2.45, 2.75) is 19.9 Å². The van der Waals surface area contributed by atoms with Crippen molar-refractivity contribution in [2.24, 2.45) is 0 Å². The topological polar surface area (TPSA) is 55.8 Å². The Morgan fingerprint density at radius 3 is 2.25 bits per heavy atom. The summed E-state index contributed by atoms with van der Waals surface area (Å²) in [6.45, 7) is 3.72. The van der Waals surface area contributed by atoms with Crippen molar-refractivity contribution in [3.05, 3.63) is 82.6 Å². The number of nitrogens with zero attached hydrogens (tertiary/aromatic N) is 1. The van der Waals surface area contributed by atoms with Crippen LogP contribution in [0.15, 0.2) is 71.4 Å². The Balaban J connectivity index is 2.05. The summed E-state index contributed by atoms with van der Waals surface area (Å²) in [6, 6.07) is 16.8. The van der Waals surface area contributed by atoms with E-state index in [4.69, 9.17) is 9.47 Å². The van der Waals surface area contributed by atoms with Crippen molar-refractivity contribution in [1.29, 1.82) is 0 Å². The van der Waals surface area contributed by atoms with Gasteiger partial charge in [0.25, 0.3) is 5.91 Å². The van der Waals surface area contributed by atoms with Crippen LogP contribution in [0.4, 0.5) is 0 Å². The van der Waals surface area contributed by atoms with Gasteiger partial charge in [0.05, 0.1) is 31.4 Å². The van der Waals surface area contributed by atoms with Crippen molar-refractivity contribution < 1.29 is 19.1 Å². The number of carbonyl (C=O) groups is 2. The zero-order valence-corrected chi connectivity index (χ0v) is 16.4. The first kappa shape index (κ1) is 19.4. The fourth-order valence-corrected chi connectivity index (χ4v) is 3.41. The van der Waals surface area contributed by atoms with Crippen molar-refractivity contribution >= 4 is 18.0 Å². The van der Waals surface area contributed by atoms with Gasteiger partial charge in [-0.2, -0.15) is 0 Å². The first-order valence-electron chi connectivity index (χ1n) is 9.01. The first-order valence-corrected chi connectivity index (χ1v) is 9.01. The highest BCUT2D eigenvalue weighted by Crippen LogP contribution is 2.37. The molecule has 144 valence electrons. The SMILES string of the molecule is COC(=O)C1=C(C)N([C@@H](C)c2ccccc2)C(=O)/C1=C\c1ccc(OC)cc1. The molecule has 0 N–H and O–H groups in total. The molecule has 5 nitrogen and oxygen atoms in total. The van der Waals surface area contributed by atoms with Gasteiger partial charge in [0, 0.05) is 5.70 Å². The molecule has 1 aliphatic heterocycles. The second-order valence-electron chi connectivity index (χ2n) is 6.54. The monoisotopic (exact) mass is 377 g/mol. The Kier molecular flexibility index (Phi) is 5.64. The van der Waals surface area contributed by atoms with E-state index in [0.717, 1.165) is 16.9 Å². The third-order valence-electron chi connectivity index (χ3n) is 4.93. The maximum absolute atomic E-state index is 13.3. The van der Waals surface area contributed by atoms with Crippen molar-refractivity contribution in [2.75, 3.05) is 14.2 Å². The molecule has 1 heterocycles. The molecule has 0 saturated heterocycles. The van der Waals surface area contributed by atoms with E-state index >= 15 is 0 Å². The molecule has 2 aromatic carbocycles. The number of amides is 1. The van der Waals surface area contributed by atoms with Crippen LogP contribution in [0, 0.1) is 0 Å². The van der Waals surface area contributed by atoms with Crippen molar-refractivity contribution in [3.8, 4) is 5.75 Å². The van der Waals surface area contributed by atoms with Gasteiger partial charge < -0.3 is 14.4 Å². The number of allylic oxidation sites excluding steroid dienone is 1. The van der Waals surface area contributed by atoms with Gasteiger partial charge in [-0.05, 0) is 43.2 Å². The number of hydrogen-bond acceptors (Lipinski definition) is 4. The fraction of sp³-hybridized carbons (Fsp3) is 0.217. The van der Waals surface area contributed by atoms with Gasteiger partial charge in [-0.3, -0.25) is 4.79 Å². The molecule has 0 saturated carbocycles. The summed E-state index contributed by atoms with van der Waals surface area (Å²) in [5, 5.41) is 0. The third kappa shape index (κ3) is 3.56. The van der Waals surface area contributed by atoms with Crippen LogP contribution in [0.2, 0.25) is 0 Å². The molecule has 0 fully saturated rings. The molecule has 0 bridgehead atoms. The molecule has 2 aromatic rings. The Morgan fingerprint density at radius 2 is 1.68 bits per heavy atom. The molecule has 0 aromatic heterocycles. The number of carbonyl (C=O) groups excluding carboxylic acids is 2. The fourth-order valence-electron chi connectivity index (χ4n) is 3.41. The maximum Gasteiger partial charge on any atom is 0.340 e. The minimum Gasteiger partial charge on any atom is -0.497 e. The second kappa shape index (κ2) is 8.13. The van der Waals surface area contributed by atoms with Gasteiger partial charge in [-0.1, -0.05) is 42.5 Å². The molecular weight excluding hydrogens is 354 g/mol. The summed E-state index contributed by atoms with van der Waals surface area (Å²) >= 11 is 0. The molecule has 28 heavy (non-hydrogen) atoms. The van der Waals surface area contributed by atoms with Gasteiger partial charge in [0.2, 0.25) is 0 Å². The minimum absolute atomic E-state index is 0.213. The van der Waals surface area contributed by atoms with Gasteiger partial charge >= 0.3 is 5.97 Å². The number of esters is 1. The molecule has 0 aliphatic carbocycles. The lowest BCUT2D eigenvalue weighted by Crippen LogP contribution is -2.28. The normalized spacial score (nSPS) is 16.5. The zero-order chi connectivity index (χ0) is 20.3. The maximum atomic E-state index is 13.3. The highest BCUT2D eigenvalue weighted by molar-refractivity contribution is 6.16. The summed E-state index contributed by atoms with van der Waals surface area (Å²) in [5.41, 5.74) is 3.01. The van der Waals surface area contributed by atoms with Crippen LogP contribution in [-0.4, -0.2) is 31.0 Å². The summed E-state index contributed by atoms with van der Waals surface area (Å²) in [7, 11) is 2.92. The van der Waals surface area contributed by atoms with Crippen LogP contribution >= 0.6 is 0 Å². The zero-order valence-electron chi connectivity index (χ0n) is 16.4. The Bertz CT molecular complexity index is 942. The standard InChI is InChI=1S/C23H23NO4/c1-15(18-8-6-5-7-9-18)24-16(2)21(23(26)28-4)20(22(24)25)14-17-10-12-19(27-3)13-11-17/h5-15H,1-4H3/b20-14-/t15-/m0/s1. The highest BCUT2D eigenvalue weighted by Gasteiger charge is 2.39. The molecule has 0 unspecified atom stereocenters. The quantitative estimate of drug-likeness (QED) is 0.581. The molecular formula is C23H23NO4. The molecule has 1 atom stereocenters. The average molecular weight is 377 g/mol. The van der Waals surface area contributed by atoms with Gasteiger partial charge in [-0.25, -0.2) is 4.79 Å². The number of hydrogen-bond donors (Lipinski definition) is 0. The molecule has 1 aliphatic rings. The van der Waals surface area contributed by atoms with E-state index in [0.29, 0.717) is 16.8 Å². The predicted molar refractivity (Wildman–Crippen MR) is 107 cm³/mol. The van der Waals surface area contributed by atoms with Crippen molar-refractivity contribution in [1.82, 2.24) is 4.90 Å². The Hall–Kier alpha value is -3.34. The lowest BCUT2D eigenvalue weighted by molar-refractivity contribution is -0.136. The van der Waals surface area contributed by atoms with Gasteiger partial charge in [-0.15, -0.1) is 0 Å². The van der Waals surface area contributed by atoms with Crippen LogP contribution < -0.4 is 4.74 Å². The van der Waals surface area contributed by atoms with Crippen LogP contribution in [0.3, 0.4) is 0 Å². The van der Waals surface area contributed by atoms with Gasteiger partial charge in [0.15, 0.2) is 0 Å². The van der Waals surface area contributed by atoms with E-state index in [1.54, 1.807) is 25.0 Å². The predicted octanol–water partition coefficient (Wildman–Crippen LogP) is 4.13. The van der Waals surface area contributed by atoms with E-state index < -0.39 is 5.97 Å².